The topological polar surface area (TPSA) is 127 Å². The summed E-state index contributed by atoms with van der Waals surface area (Å²) in [4.78, 5) is 26.1. The van der Waals surface area contributed by atoms with Crippen molar-refractivity contribution >= 4 is 26.8 Å². The van der Waals surface area contributed by atoms with Crippen molar-refractivity contribution < 1.29 is 22.7 Å². The molecule has 10 heteroatoms. The Bertz CT molecular complexity index is 1270. The monoisotopic (exact) mass is 429 g/mol. The van der Waals surface area contributed by atoms with Crippen molar-refractivity contribution in [1.82, 2.24) is 15.0 Å². The molecule has 0 saturated carbocycles. The third-order valence-electron chi connectivity index (χ3n) is 4.58. The standard InChI is InChI=1S/C20H19N3O6S/c24-19(21-11-13-1-5-17-18(9-13)29-12-28-17)7-8-22-30(26,27)15-3-4-16-14(10-15)2-6-20(25)23-16/h1-6,9-10,22H,7-8,11-12H2,(H,21,24)(H,23,25). The minimum absolute atomic E-state index is 0.00924. The number of hydrogen-bond donors (Lipinski definition) is 3. The van der Waals surface area contributed by atoms with Gasteiger partial charge in [0.1, 0.15) is 0 Å². The number of H-pyrrole nitrogens is 1. The highest BCUT2D eigenvalue weighted by molar-refractivity contribution is 7.89. The molecule has 30 heavy (non-hydrogen) atoms. The Morgan fingerprint density at radius 2 is 1.87 bits per heavy atom. The molecule has 0 unspecified atom stereocenters. The molecule has 0 aliphatic carbocycles. The van der Waals surface area contributed by atoms with E-state index in [0.717, 1.165) is 5.56 Å². The van der Waals surface area contributed by atoms with Gasteiger partial charge in [0.2, 0.25) is 28.3 Å². The van der Waals surface area contributed by atoms with E-state index < -0.39 is 10.0 Å². The number of aromatic nitrogens is 1. The van der Waals surface area contributed by atoms with Crippen molar-refractivity contribution in [3.8, 4) is 11.5 Å². The Balaban J connectivity index is 1.30. The normalized spacial score (nSPS) is 12.8. The van der Waals surface area contributed by atoms with E-state index in [-0.39, 0.29) is 36.1 Å². The Labute approximate surface area is 172 Å². The lowest BCUT2D eigenvalue weighted by Crippen LogP contribution is -2.30. The highest BCUT2D eigenvalue weighted by atomic mass is 32.2. The average molecular weight is 429 g/mol. The van der Waals surface area contributed by atoms with Crippen LogP contribution in [-0.2, 0) is 21.4 Å². The molecule has 0 bridgehead atoms. The van der Waals surface area contributed by atoms with Crippen molar-refractivity contribution in [2.45, 2.75) is 17.9 Å². The van der Waals surface area contributed by atoms with Crippen LogP contribution >= 0.6 is 0 Å². The van der Waals surface area contributed by atoms with E-state index in [1.807, 2.05) is 6.07 Å². The number of amides is 1. The molecule has 1 aliphatic heterocycles. The van der Waals surface area contributed by atoms with E-state index in [9.17, 15) is 18.0 Å². The van der Waals surface area contributed by atoms with Crippen LogP contribution in [0.15, 0.2) is 58.2 Å². The summed E-state index contributed by atoms with van der Waals surface area (Å²) in [5, 5.41) is 3.34. The second-order valence-electron chi connectivity index (χ2n) is 6.68. The zero-order valence-electron chi connectivity index (χ0n) is 15.8. The SMILES string of the molecule is O=C(CCNS(=O)(=O)c1ccc2[nH]c(=O)ccc2c1)NCc1ccc2c(c1)OCO2. The fourth-order valence-corrected chi connectivity index (χ4v) is 4.09. The number of aromatic amines is 1. The van der Waals surface area contributed by atoms with Crippen LogP contribution in [0.25, 0.3) is 10.9 Å². The van der Waals surface area contributed by atoms with Gasteiger partial charge in [-0.25, -0.2) is 13.1 Å². The second kappa shape index (κ2) is 8.17. The van der Waals surface area contributed by atoms with Crippen LogP contribution in [0.2, 0.25) is 0 Å². The Hall–Kier alpha value is -3.37. The number of carbonyl (C=O) groups excluding carboxylic acids is 1. The van der Waals surface area contributed by atoms with Crippen molar-refractivity contribution in [3.63, 3.8) is 0 Å². The van der Waals surface area contributed by atoms with Gasteiger partial charge in [-0.1, -0.05) is 6.07 Å². The lowest BCUT2D eigenvalue weighted by atomic mass is 10.2. The number of hydrogen-bond acceptors (Lipinski definition) is 6. The van der Waals surface area contributed by atoms with Crippen molar-refractivity contribution in [1.29, 1.82) is 0 Å². The molecule has 3 aromatic rings. The van der Waals surface area contributed by atoms with Crippen LogP contribution in [-0.4, -0.2) is 32.6 Å². The first-order valence-corrected chi connectivity index (χ1v) is 10.7. The Morgan fingerprint density at radius 3 is 2.73 bits per heavy atom. The summed E-state index contributed by atoms with van der Waals surface area (Å²) in [5.74, 6) is 1.01. The molecule has 0 atom stereocenters. The summed E-state index contributed by atoms with van der Waals surface area (Å²) >= 11 is 0. The quantitative estimate of drug-likeness (QED) is 0.519. The maximum Gasteiger partial charge on any atom is 0.248 e. The van der Waals surface area contributed by atoms with Crippen LogP contribution in [0.3, 0.4) is 0 Å². The molecule has 0 spiro atoms. The van der Waals surface area contributed by atoms with Gasteiger partial charge in [-0.05, 0) is 47.3 Å². The molecule has 2 heterocycles. The number of sulfonamides is 1. The molecular weight excluding hydrogens is 410 g/mol. The third-order valence-corrected chi connectivity index (χ3v) is 6.03. The number of fused-ring (bicyclic) bond motifs is 2. The fourth-order valence-electron chi connectivity index (χ4n) is 3.02. The molecule has 1 amide bonds. The molecule has 0 radical (unpaired) electrons. The van der Waals surface area contributed by atoms with Gasteiger partial charge in [-0.15, -0.1) is 0 Å². The van der Waals surface area contributed by atoms with Crippen LogP contribution < -0.4 is 25.1 Å². The smallest absolute Gasteiger partial charge is 0.248 e. The van der Waals surface area contributed by atoms with Gasteiger partial charge in [0.05, 0.1) is 4.90 Å². The molecule has 1 aliphatic rings. The zero-order valence-corrected chi connectivity index (χ0v) is 16.6. The van der Waals surface area contributed by atoms with Gasteiger partial charge in [-0.2, -0.15) is 0 Å². The van der Waals surface area contributed by atoms with Crippen LogP contribution in [0, 0.1) is 0 Å². The fraction of sp³-hybridized carbons (Fsp3) is 0.200. The van der Waals surface area contributed by atoms with Gasteiger partial charge in [0.25, 0.3) is 0 Å². The molecule has 3 N–H and O–H groups in total. The van der Waals surface area contributed by atoms with E-state index in [1.54, 1.807) is 18.2 Å². The second-order valence-corrected chi connectivity index (χ2v) is 8.45. The molecular formula is C20H19N3O6S. The average Bonchev–Trinajstić information content (AvgIpc) is 3.19. The zero-order chi connectivity index (χ0) is 21.1. The molecule has 4 rings (SSSR count). The summed E-state index contributed by atoms with van der Waals surface area (Å²) in [6.45, 7) is 0.435. The Kier molecular flexibility index (Phi) is 5.42. The predicted molar refractivity (Wildman–Crippen MR) is 109 cm³/mol. The highest BCUT2D eigenvalue weighted by Crippen LogP contribution is 2.32. The van der Waals surface area contributed by atoms with Crippen LogP contribution in [0.1, 0.15) is 12.0 Å². The predicted octanol–water partition coefficient (Wildman–Crippen LogP) is 1.24. The largest absolute Gasteiger partial charge is 0.454 e. The van der Waals surface area contributed by atoms with E-state index in [1.165, 1.54) is 24.3 Å². The summed E-state index contributed by atoms with van der Waals surface area (Å²) < 4.78 is 37.9. The van der Waals surface area contributed by atoms with E-state index >= 15 is 0 Å². The summed E-state index contributed by atoms with van der Waals surface area (Å²) in [5.41, 5.74) is 1.13. The minimum Gasteiger partial charge on any atom is -0.454 e. The van der Waals surface area contributed by atoms with Gasteiger partial charge in [0.15, 0.2) is 11.5 Å². The van der Waals surface area contributed by atoms with Crippen LogP contribution in [0.5, 0.6) is 11.5 Å². The minimum atomic E-state index is -3.78. The summed E-state index contributed by atoms with van der Waals surface area (Å²) in [7, 11) is -3.78. The van der Waals surface area contributed by atoms with Gasteiger partial charge >= 0.3 is 0 Å². The maximum absolute atomic E-state index is 12.5. The molecule has 2 aromatic carbocycles. The molecule has 9 nitrogen and oxygen atoms in total. The third kappa shape index (κ3) is 4.44. The highest BCUT2D eigenvalue weighted by Gasteiger charge is 2.16. The van der Waals surface area contributed by atoms with Crippen LogP contribution in [0.4, 0.5) is 0 Å². The first-order chi connectivity index (χ1) is 14.4. The lowest BCUT2D eigenvalue weighted by Gasteiger charge is -2.09. The van der Waals surface area contributed by atoms with Crippen molar-refractivity contribution in [3.05, 3.63) is 64.4 Å². The number of carbonyl (C=O) groups is 1. The summed E-state index contributed by atoms with van der Waals surface area (Å²) in [6.07, 6.45) is -0.00924. The molecule has 1 aromatic heterocycles. The molecule has 0 saturated heterocycles. The number of nitrogens with one attached hydrogen (secondary N) is 3. The number of ether oxygens (including phenoxy) is 2. The van der Waals surface area contributed by atoms with Crippen molar-refractivity contribution in [2.24, 2.45) is 0 Å². The van der Waals surface area contributed by atoms with Gasteiger partial charge < -0.3 is 19.8 Å². The van der Waals surface area contributed by atoms with Gasteiger partial charge in [0, 0.05) is 31.1 Å². The maximum atomic E-state index is 12.5. The van der Waals surface area contributed by atoms with E-state index in [2.05, 4.69) is 15.0 Å². The van der Waals surface area contributed by atoms with E-state index in [4.69, 9.17) is 9.47 Å². The Morgan fingerprint density at radius 1 is 1.03 bits per heavy atom. The first kappa shape index (κ1) is 19.9. The molecule has 156 valence electrons. The number of pyridine rings is 1. The number of benzene rings is 2. The number of rotatable bonds is 7. The summed E-state index contributed by atoms with van der Waals surface area (Å²) in [6, 6.07) is 12.7. The lowest BCUT2D eigenvalue weighted by molar-refractivity contribution is -0.121. The van der Waals surface area contributed by atoms with E-state index in [0.29, 0.717) is 28.9 Å². The molecule has 0 fully saturated rings. The first-order valence-electron chi connectivity index (χ1n) is 9.19. The van der Waals surface area contributed by atoms with Crippen molar-refractivity contribution in [2.75, 3.05) is 13.3 Å². The van der Waals surface area contributed by atoms with Gasteiger partial charge in [-0.3, -0.25) is 9.59 Å².